The molecule has 0 aromatic heterocycles. The Morgan fingerprint density at radius 3 is 2.52 bits per heavy atom. The normalized spacial score (nSPS) is 17.7. The summed E-state index contributed by atoms with van der Waals surface area (Å²) in [6.07, 6.45) is -0.0788. The van der Waals surface area contributed by atoms with Gasteiger partial charge in [-0.2, -0.15) is 0 Å². The first-order valence-electron chi connectivity index (χ1n) is 7.58. The number of carboxylic acid groups (broad SMARTS) is 1. The van der Waals surface area contributed by atoms with Crippen molar-refractivity contribution in [3.05, 3.63) is 28.8 Å². The van der Waals surface area contributed by atoms with Crippen LogP contribution in [0.5, 0.6) is 0 Å². The van der Waals surface area contributed by atoms with Crippen LogP contribution < -0.4 is 5.32 Å². The van der Waals surface area contributed by atoms with Crippen LogP contribution in [0.15, 0.2) is 18.2 Å². The van der Waals surface area contributed by atoms with Gasteiger partial charge in [0.2, 0.25) is 5.91 Å². The summed E-state index contributed by atoms with van der Waals surface area (Å²) in [7, 11) is 2.00. The van der Waals surface area contributed by atoms with Gasteiger partial charge in [-0.05, 0) is 31.7 Å². The molecule has 7 heteroatoms. The highest BCUT2D eigenvalue weighted by Crippen LogP contribution is 2.20. The number of carbonyl (C=O) groups excluding carboxylic acids is 1. The Labute approximate surface area is 141 Å². The van der Waals surface area contributed by atoms with E-state index in [2.05, 4.69) is 10.2 Å². The van der Waals surface area contributed by atoms with Crippen molar-refractivity contribution >= 4 is 29.2 Å². The number of hydrogen-bond acceptors (Lipinski definition) is 4. The first-order valence-corrected chi connectivity index (χ1v) is 7.96. The van der Waals surface area contributed by atoms with E-state index in [1.165, 1.54) is 0 Å². The van der Waals surface area contributed by atoms with Crippen molar-refractivity contribution in [3.63, 3.8) is 0 Å². The number of amides is 1. The predicted octanol–water partition coefficient (Wildman–Crippen LogP) is 1.68. The highest BCUT2D eigenvalue weighted by Gasteiger charge is 2.30. The third-order valence-electron chi connectivity index (χ3n) is 4.10. The molecule has 2 N–H and O–H groups in total. The molecule has 1 aliphatic heterocycles. The molecule has 1 fully saturated rings. The maximum atomic E-state index is 12.2. The third kappa shape index (κ3) is 4.92. The molecule has 1 aliphatic rings. The smallest absolute Gasteiger partial charge is 0.321 e. The lowest BCUT2D eigenvalue weighted by atomic mass is 10.1. The lowest BCUT2D eigenvalue weighted by Crippen LogP contribution is -2.52. The van der Waals surface area contributed by atoms with Crippen LogP contribution in [0.3, 0.4) is 0 Å². The molecule has 1 amide bonds. The molecule has 6 nitrogen and oxygen atoms in total. The molecule has 2 rings (SSSR count). The number of nitrogens with one attached hydrogen (secondary N) is 1. The molecule has 23 heavy (non-hydrogen) atoms. The SMILES string of the molecule is Cc1ccc(NC(=O)CC(C(=O)O)N2CCN(C)CC2)cc1Cl. The van der Waals surface area contributed by atoms with Gasteiger partial charge < -0.3 is 15.3 Å². The van der Waals surface area contributed by atoms with Crippen LogP contribution in [0.2, 0.25) is 5.02 Å². The largest absolute Gasteiger partial charge is 0.480 e. The van der Waals surface area contributed by atoms with Crippen LogP contribution in [0.25, 0.3) is 0 Å². The zero-order chi connectivity index (χ0) is 17.0. The zero-order valence-electron chi connectivity index (χ0n) is 13.4. The number of piperazine rings is 1. The molecule has 126 valence electrons. The number of likely N-dealkylation sites (N-methyl/N-ethyl adjacent to an activating group) is 1. The Morgan fingerprint density at radius 2 is 1.96 bits per heavy atom. The lowest BCUT2D eigenvalue weighted by molar-refractivity contribution is -0.145. The maximum Gasteiger partial charge on any atom is 0.321 e. The van der Waals surface area contributed by atoms with E-state index in [4.69, 9.17) is 11.6 Å². The summed E-state index contributed by atoms with van der Waals surface area (Å²) in [6, 6.07) is 4.43. The van der Waals surface area contributed by atoms with Crippen LogP contribution in [0.1, 0.15) is 12.0 Å². The van der Waals surface area contributed by atoms with E-state index >= 15 is 0 Å². The summed E-state index contributed by atoms with van der Waals surface area (Å²) >= 11 is 6.03. The van der Waals surface area contributed by atoms with Gasteiger partial charge in [0.05, 0.1) is 6.42 Å². The van der Waals surface area contributed by atoms with Crippen LogP contribution in [0, 0.1) is 6.92 Å². The summed E-state index contributed by atoms with van der Waals surface area (Å²) in [5, 5.41) is 12.7. The Morgan fingerprint density at radius 1 is 1.30 bits per heavy atom. The van der Waals surface area contributed by atoms with Gasteiger partial charge in [-0.3, -0.25) is 14.5 Å². The van der Waals surface area contributed by atoms with Crippen LogP contribution in [0.4, 0.5) is 5.69 Å². The number of aliphatic carboxylic acids is 1. The Bertz CT molecular complexity index is 586. The van der Waals surface area contributed by atoms with E-state index in [1.807, 2.05) is 24.9 Å². The van der Waals surface area contributed by atoms with E-state index in [-0.39, 0.29) is 12.3 Å². The zero-order valence-corrected chi connectivity index (χ0v) is 14.1. The van der Waals surface area contributed by atoms with Crippen molar-refractivity contribution in [2.24, 2.45) is 0 Å². The maximum absolute atomic E-state index is 12.2. The molecule has 1 atom stereocenters. The van der Waals surface area contributed by atoms with E-state index in [9.17, 15) is 14.7 Å². The highest BCUT2D eigenvalue weighted by molar-refractivity contribution is 6.31. The second-order valence-corrected chi connectivity index (χ2v) is 6.32. The number of rotatable bonds is 5. The number of carboxylic acids is 1. The second kappa shape index (κ2) is 7.77. The fourth-order valence-electron chi connectivity index (χ4n) is 2.56. The average Bonchev–Trinajstić information content (AvgIpc) is 2.49. The first-order chi connectivity index (χ1) is 10.9. The van der Waals surface area contributed by atoms with Gasteiger partial charge in [-0.25, -0.2) is 0 Å². The molecular formula is C16H22ClN3O3. The lowest BCUT2D eigenvalue weighted by Gasteiger charge is -2.35. The quantitative estimate of drug-likeness (QED) is 0.854. The van der Waals surface area contributed by atoms with Crippen LogP contribution in [-0.2, 0) is 9.59 Å². The van der Waals surface area contributed by atoms with Crippen molar-refractivity contribution in [1.29, 1.82) is 0 Å². The molecule has 0 bridgehead atoms. The van der Waals surface area contributed by atoms with Gasteiger partial charge in [0.15, 0.2) is 0 Å². The van der Waals surface area contributed by atoms with Crippen molar-refractivity contribution in [3.8, 4) is 0 Å². The molecule has 0 saturated carbocycles. The van der Waals surface area contributed by atoms with Crippen molar-refractivity contribution in [2.45, 2.75) is 19.4 Å². The minimum Gasteiger partial charge on any atom is -0.480 e. The molecule has 1 saturated heterocycles. The van der Waals surface area contributed by atoms with Gasteiger partial charge in [-0.15, -0.1) is 0 Å². The number of nitrogens with zero attached hydrogens (tertiary/aromatic N) is 2. The van der Waals surface area contributed by atoms with Crippen molar-refractivity contribution in [2.75, 3.05) is 38.5 Å². The Kier molecular flexibility index (Phi) is 5.98. The monoisotopic (exact) mass is 339 g/mol. The van der Waals surface area contributed by atoms with Crippen molar-refractivity contribution in [1.82, 2.24) is 9.80 Å². The third-order valence-corrected chi connectivity index (χ3v) is 4.51. The Balaban J connectivity index is 1.97. The second-order valence-electron chi connectivity index (χ2n) is 5.91. The summed E-state index contributed by atoms with van der Waals surface area (Å²) in [4.78, 5) is 27.7. The van der Waals surface area contributed by atoms with Gasteiger partial charge in [0.1, 0.15) is 6.04 Å². The number of halogens is 1. The van der Waals surface area contributed by atoms with E-state index in [1.54, 1.807) is 12.1 Å². The number of benzene rings is 1. The molecule has 0 spiro atoms. The number of aryl methyl sites for hydroxylation is 1. The average molecular weight is 340 g/mol. The Hall–Kier alpha value is -1.63. The minimum absolute atomic E-state index is 0.0788. The molecule has 0 aliphatic carbocycles. The summed E-state index contributed by atoms with van der Waals surface area (Å²) in [6.45, 7) is 4.79. The fraction of sp³-hybridized carbons (Fsp3) is 0.500. The molecule has 0 radical (unpaired) electrons. The molecule has 1 aromatic rings. The first kappa shape index (κ1) is 17.7. The molecule has 1 heterocycles. The van der Waals surface area contributed by atoms with Gasteiger partial charge >= 0.3 is 5.97 Å². The number of carbonyl (C=O) groups is 2. The highest BCUT2D eigenvalue weighted by atomic mass is 35.5. The van der Waals surface area contributed by atoms with Gasteiger partial charge in [0.25, 0.3) is 0 Å². The molecule has 1 unspecified atom stereocenters. The van der Waals surface area contributed by atoms with Gasteiger partial charge in [0, 0.05) is 36.9 Å². The summed E-state index contributed by atoms with van der Waals surface area (Å²) in [5.41, 5.74) is 1.50. The van der Waals surface area contributed by atoms with Crippen molar-refractivity contribution < 1.29 is 14.7 Å². The summed E-state index contributed by atoms with van der Waals surface area (Å²) < 4.78 is 0. The standard InChI is InChI=1S/C16H22ClN3O3/c1-11-3-4-12(9-13(11)17)18-15(21)10-14(16(22)23)20-7-5-19(2)6-8-20/h3-4,9,14H,5-8,10H2,1-2H3,(H,18,21)(H,22,23). The van der Waals surface area contributed by atoms with E-state index < -0.39 is 12.0 Å². The van der Waals surface area contributed by atoms with Crippen LogP contribution >= 0.6 is 11.6 Å². The predicted molar refractivity (Wildman–Crippen MR) is 89.9 cm³/mol. The topological polar surface area (TPSA) is 72.9 Å². The van der Waals surface area contributed by atoms with Gasteiger partial charge in [-0.1, -0.05) is 17.7 Å². The van der Waals surface area contributed by atoms with E-state index in [0.717, 1.165) is 18.7 Å². The minimum atomic E-state index is -0.966. The molecule has 1 aromatic carbocycles. The fourth-order valence-corrected chi connectivity index (χ4v) is 2.74. The molecular weight excluding hydrogens is 318 g/mol. The number of hydrogen-bond donors (Lipinski definition) is 2. The summed E-state index contributed by atoms with van der Waals surface area (Å²) in [5.74, 6) is -1.29. The van der Waals surface area contributed by atoms with E-state index in [0.29, 0.717) is 23.8 Å². The number of anilines is 1. The van der Waals surface area contributed by atoms with Crippen LogP contribution in [-0.4, -0.2) is 66.1 Å².